The standard InChI is InChI=1S/C28H25NO6/c1-27(2,3)12-28(4,5)29-25(34)17-10-15-16(11-18(17)26(29)35)24(33)20-19(23(15)32)21(30)13-8-6-7-9-14(13)22(20)31/h6-11,32-33H,12H2,1-5H3. The Balaban J connectivity index is 1.97. The van der Waals surface area contributed by atoms with Crippen molar-refractivity contribution in [2.75, 3.05) is 0 Å². The Morgan fingerprint density at radius 2 is 1.06 bits per heavy atom. The van der Waals surface area contributed by atoms with Crippen molar-refractivity contribution in [2.45, 2.75) is 46.6 Å². The third kappa shape index (κ3) is 3.11. The Kier molecular flexibility index (Phi) is 4.56. The number of benzene rings is 4. The summed E-state index contributed by atoms with van der Waals surface area (Å²) in [7, 11) is 0. The topological polar surface area (TPSA) is 114 Å². The highest BCUT2D eigenvalue weighted by Crippen LogP contribution is 2.41. The van der Waals surface area contributed by atoms with Crippen LogP contribution >= 0.6 is 0 Å². The van der Waals surface area contributed by atoms with Crippen molar-refractivity contribution in [2.24, 2.45) is 5.41 Å². The maximum absolute atomic E-state index is 13.4. The predicted octanol–water partition coefficient (Wildman–Crippen LogP) is 4.00. The van der Waals surface area contributed by atoms with Crippen LogP contribution in [-0.4, -0.2) is 14.8 Å². The highest BCUT2D eigenvalue weighted by molar-refractivity contribution is 6.16. The van der Waals surface area contributed by atoms with Crippen LogP contribution in [0.15, 0.2) is 55.6 Å². The van der Waals surface area contributed by atoms with E-state index in [2.05, 4.69) is 0 Å². The fourth-order valence-electron chi connectivity index (χ4n) is 5.70. The van der Waals surface area contributed by atoms with E-state index < -0.39 is 39.0 Å². The molecule has 4 aromatic carbocycles. The molecule has 0 radical (unpaired) electrons. The average Bonchev–Trinajstić information content (AvgIpc) is 3.02. The van der Waals surface area contributed by atoms with Crippen molar-refractivity contribution < 1.29 is 10.2 Å². The molecular weight excluding hydrogens is 446 g/mol. The second-order valence-electron chi connectivity index (χ2n) is 11.1. The van der Waals surface area contributed by atoms with Crippen LogP contribution in [0.3, 0.4) is 0 Å². The largest absolute Gasteiger partial charge is 0.506 e. The lowest BCUT2D eigenvalue weighted by atomic mass is 9.81. The van der Waals surface area contributed by atoms with Crippen LogP contribution < -0.4 is 22.0 Å². The maximum atomic E-state index is 13.4. The first-order valence-electron chi connectivity index (χ1n) is 11.4. The van der Waals surface area contributed by atoms with Gasteiger partial charge in [0, 0.05) is 27.1 Å². The molecule has 0 aliphatic carbocycles. The van der Waals surface area contributed by atoms with E-state index in [-0.39, 0.29) is 48.5 Å². The minimum absolute atomic E-state index is 0.0251. The van der Waals surface area contributed by atoms with E-state index in [9.17, 15) is 29.4 Å². The monoisotopic (exact) mass is 471 g/mol. The fourth-order valence-corrected chi connectivity index (χ4v) is 5.70. The number of hydrogen-bond donors (Lipinski definition) is 2. The SMILES string of the molecule is CC(C)(C)CC(C)(C)n1c(=O)c2cc3c(O)c4c(=O)c5ccccc5c(=O)c4c(O)c3cc2c1=O. The van der Waals surface area contributed by atoms with Gasteiger partial charge < -0.3 is 10.2 Å². The lowest BCUT2D eigenvalue weighted by Crippen LogP contribution is -2.43. The highest BCUT2D eigenvalue weighted by Gasteiger charge is 2.32. The van der Waals surface area contributed by atoms with Gasteiger partial charge in [0.25, 0.3) is 11.1 Å². The van der Waals surface area contributed by atoms with Crippen LogP contribution in [0.4, 0.5) is 0 Å². The Morgan fingerprint density at radius 3 is 1.43 bits per heavy atom. The molecule has 178 valence electrons. The zero-order valence-corrected chi connectivity index (χ0v) is 20.1. The van der Waals surface area contributed by atoms with Gasteiger partial charge in [0.1, 0.15) is 11.5 Å². The highest BCUT2D eigenvalue weighted by atomic mass is 16.3. The molecule has 5 aromatic rings. The first-order valence-corrected chi connectivity index (χ1v) is 11.4. The average molecular weight is 472 g/mol. The van der Waals surface area contributed by atoms with Crippen LogP contribution in [0.2, 0.25) is 0 Å². The molecule has 0 spiro atoms. The molecule has 7 heteroatoms. The summed E-state index contributed by atoms with van der Waals surface area (Å²) >= 11 is 0. The fraction of sp³-hybridized carbons (Fsp3) is 0.286. The van der Waals surface area contributed by atoms with Gasteiger partial charge in [-0.2, -0.15) is 0 Å². The molecule has 35 heavy (non-hydrogen) atoms. The van der Waals surface area contributed by atoms with Crippen molar-refractivity contribution in [1.82, 2.24) is 4.57 Å². The molecule has 0 unspecified atom stereocenters. The van der Waals surface area contributed by atoms with Gasteiger partial charge >= 0.3 is 0 Å². The van der Waals surface area contributed by atoms with E-state index in [0.29, 0.717) is 6.42 Å². The quantitative estimate of drug-likeness (QED) is 0.297. The number of phenols is 2. The van der Waals surface area contributed by atoms with Crippen molar-refractivity contribution in [1.29, 1.82) is 0 Å². The zero-order chi connectivity index (χ0) is 25.6. The van der Waals surface area contributed by atoms with Gasteiger partial charge in [-0.05, 0) is 37.8 Å². The van der Waals surface area contributed by atoms with Gasteiger partial charge in [0.2, 0.25) is 0 Å². The van der Waals surface area contributed by atoms with Gasteiger partial charge in [-0.25, -0.2) is 0 Å². The summed E-state index contributed by atoms with van der Waals surface area (Å²) in [4.78, 5) is 53.1. The van der Waals surface area contributed by atoms with E-state index in [1.165, 1.54) is 28.8 Å². The summed E-state index contributed by atoms with van der Waals surface area (Å²) in [6.07, 6.45) is 0.553. The Morgan fingerprint density at radius 1 is 0.657 bits per heavy atom. The number of fused-ring (bicyclic) bond motifs is 4. The third-order valence-corrected chi connectivity index (χ3v) is 6.70. The smallest absolute Gasteiger partial charge is 0.262 e. The molecule has 0 aliphatic rings. The summed E-state index contributed by atoms with van der Waals surface area (Å²) in [6.45, 7) is 9.71. The molecule has 5 rings (SSSR count). The summed E-state index contributed by atoms with van der Waals surface area (Å²) in [5, 5.41) is 22.1. The predicted molar refractivity (Wildman–Crippen MR) is 139 cm³/mol. The number of rotatable bonds is 2. The van der Waals surface area contributed by atoms with Crippen molar-refractivity contribution in [3.05, 3.63) is 77.6 Å². The van der Waals surface area contributed by atoms with Gasteiger partial charge in [-0.3, -0.25) is 23.7 Å². The van der Waals surface area contributed by atoms with E-state index in [4.69, 9.17) is 0 Å². The number of phenolic OH excluding ortho intramolecular Hbond substituents is 2. The van der Waals surface area contributed by atoms with Crippen molar-refractivity contribution >= 4 is 43.1 Å². The van der Waals surface area contributed by atoms with Crippen LogP contribution in [-0.2, 0) is 5.54 Å². The molecule has 0 amide bonds. The van der Waals surface area contributed by atoms with Crippen molar-refractivity contribution in [3.8, 4) is 11.5 Å². The summed E-state index contributed by atoms with van der Waals surface area (Å²) in [6, 6.07) is 8.84. The Labute approximate surface area is 199 Å². The summed E-state index contributed by atoms with van der Waals surface area (Å²) in [5.41, 5.74) is -3.17. The van der Waals surface area contributed by atoms with Crippen LogP contribution in [0.5, 0.6) is 11.5 Å². The molecule has 2 N–H and O–H groups in total. The molecule has 7 nitrogen and oxygen atoms in total. The van der Waals surface area contributed by atoms with Gasteiger partial charge in [-0.15, -0.1) is 0 Å². The minimum atomic E-state index is -0.797. The van der Waals surface area contributed by atoms with E-state index in [1.54, 1.807) is 12.1 Å². The molecule has 0 fully saturated rings. The van der Waals surface area contributed by atoms with Gasteiger partial charge in [-0.1, -0.05) is 45.0 Å². The second kappa shape index (κ2) is 7.01. The number of aromatic nitrogens is 1. The van der Waals surface area contributed by atoms with E-state index >= 15 is 0 Å². The van der Waals surface area contributed by atoms with Crippen LogP contribution in [0, 0.1) is 5.41 Å². The normalized spacial score (nSPS) is 12.9. The van der Waals surface area contributed by atoms with E-state index in [0.717, 1.165) is 0 Å². The maximum Gasteiger partial charge on any atom is 0.262 e. The number of hydrogen-bond acceptors (Lipinski definition) is 6. The lowest BCUT2D eigenvalue weighted by Gasteiger charge is -2.32. The van der Waals surface area contributed by atoms with Gasteiger partial charge in [0.15, 0.2) is 10.9 Å². The second-order valence-corrected chi connectivity index (χ2v) is 11.1. The number of aromatic hydroxyl groups is 2. The molecule has 1 heterocycles. The molecule has 0 atom stereocenters. The Bertz CT molecular complexity index is 1800. The van der Waals surface area contributed by atoms with Crippen LogP contribution in [0.1, 0.15) is 41.0 Å². The van der Waals surface area contributed by atoms with Crippen molar-refractivity contribution in [3.63, 3.8) is 0 Å². The van der Waals surface area contributed by atoms with Crippen LogP contribution in [0.25, 0.3) is 43.1 Å². The minimum Gasteiger partial charge on any atom is -0.506 e. The molecule has 0 bridgehead atoms. The number of nitrogens with zero attached hydrogens (tertiary/aromatic N) is 1. The van der Waals surface area contributed by atoms with E-state index in [1.807, 2.05) is 34.6 Å². The molecular formula is C28H25NO6. The molecule has 0 aliphatic heterocycles. The summed E-state index contributed by atoms with van der Waals surface area (Å²) < 4.78 is 1.21. The summed E-state index contributed by atoms with van der Waals surface area (Å²) in [5.74, 6) is -1.01. The molecule has 0 saturated carbocycles. The van der Waals surface area contributed by atoms with Gasteiger partial charge in [0.05, 0.1) is 21.5 Å². The lowest BCUT2D eigenvalue weighted by molar-refractivity contribution is 0.208. The zero-order valence-electron chi connectivity index (χ0n) is 20.1. The Hall–Kier alpha value is -4.00. The third-order valence-electron chi connectivity index (χ3n) is 6.70. The molecule has 1 aromatic heterocycles. The first kappa shape index (κ1) is 22.8. The first-order chi connectivity index (χ1) is 16.2. The molecule has 0 saturated heterocycles.